The van der Waals surface area contributed by atoms with Crippen molar-refractivity contribution in [2.75, 3.05) is 0 Å². The van der Waals surface area contributed by atoms with Crippen molar-refractivity contribution in [3.8, 4) is 0 Å². The molecule has 1 N–H and O–H groups in total. The monoisotopic (exact) mass is 331 g/mol. The van der Waals surface area contributed by atoms with Crippen LogP contribution in [-0.2, 0) is 4.79 Å². The van der Waals surface area contributed by atoms with Gasteiger partial charge in [-0.2, -0.15) is 11.3 Å². The molecule has 0 aliphatic carbocycles. The van der Waals surface area contributed by atoms with Crippen LogP contribution in [0.3, 0.4) is 0 Å². The summed E-state index contributed by atoms with van der Waals surface area (Å²) in [5.41, 5.74) is 1.13. The molecule has 0 aliphatic heterocycles. The molecule has 3 aromatic rings. The molecule has 0 spiro atoms. The molecule has 1 amide bonds. The third-order valence-corrected chi connectivity index (χ3v) is 5.41. The largest absolute Gasteiger partial charge is 0.341 e. The molecule has 1 atom stereocenters. The van der Waals surface area contributed by atoms with Gasteiger partial charge in [-0.25, -0.2) is 0 Å². The molecule has 3 heterocycles. The molecule has 2 nitrogen and oxygen atoms in total. The van der Waals surface area contributed by atoms with Crippen LogP contribution in [0, 0.1) is 0 Å². The minimum Gasteiger partial charge on any atom is -0.341 e. The van der Waals surface area contributed by atoms with Crippen LogP contribution in [0.1, 0.15) is 21.4 Å². The van der Waals surface area contributed by atoms with Crippen molar-refractivity contribution in [1.82, 2.24) is 5.32 Å². The summed E-state index contributed by atoms with van der Waals surface area (Å²) in [6, 6.07) is 10.0. The van der Waals surface area contributed by atoms with Gasteiger partial charge in [-0.05, 0) is 51.4 Å². The van der Waals surface area contributed by atoms with Crippen molar-refractivity contribution < 1.29 is 4.79 Å². The lowest BCUT2D eigenvalue weighted by Crippen LogP contribution is -2.26. The van der Waals surface area contributed by atoms with E-state index in [0.29, 0.717) is 0 Å². The predicted octanol–water partition coefficient (Wildman–Crippen LogP) is 4.79. The summed E-state index contributed by atoms with van der Waals surface area (Å²) < 4.78 is 0. The second kappa shape index (κ2) is 6.85. The van der Waals surface area contributed by atoms with E-state index in [2.05, 4.69) is 22.8 Å². The number of thiophene rings is 3. The SMILES string of the molecule is O=C(C=Cc1cccs1)NC(c1ccsc1)c1cccs1. The molecule has 0 radical (unpaired) electrons. The quantitative estimate of drug-likeness (QED) is 0.669. The highest BCUT2D eigenvalue weighted by Gasteiger charge is 2.17. The third kappa shape index (κ3) is 3.69. The summed E-state index contributed by atoms with van der Waals surface area (Å²) in [7, 11) is 0. The first-order valence-electron chi connectivity index (χ1n) is 6.40. The van der Waals surface area contributed by atoms with Crippen molar-refractivity contribution in [3.05, 3.63) is 73.2 Å². The van der Waals surface area contributed by atoms with E-state index in [9.17, 15) is 4.79 Å². The standard InChI is InChI=1S/C16H13NOS3/c18-15(6-5-13-3-1-8-20-13)17-16(12-7-10-19-11-12)14-4-2-9-21-14/h1-11,16H,(H,17,18). The van der Waals surface area contributed by atoms with Crippen molar-refractivity contribution in [3.63, 3.8) is 0 Å². The van der Waals surface area contributed by atoms with Crippen molar-refractivity contribution in [2.45, 2.75) is 6.04 Å². The lowest BCUT2D eigenvalue weighted by molar-refractivity contribution is -0.116. The van der Waals surface area contributed by atoms with Gasteiger partial charge in [0.25, 0.3) is 0 Å². The Kier molecular flexibility index (Phi) is 4.65. The molecule has 1 unspecified atom stereocenters. The highest BCUT2D eigenvalue weighted by atomic mass is 32.1. The van der Waals surface area contributed by atoms with Gasteiger partial charge in [0.2, 0.25) is 5.91 Å². The van der Waals surface area contributed by atoms with Gasteiger partial charge in [-0.15, -0.1) is 22.7 Å². The number of carbonyl (C=O) groups excluding carboxylic acids is 1. The van der Waals surface area contributed by atoms with E-state index in [1.807, 2.05) is 40.4 Å². The Morgan fingerprint density at radius 3 is 2.62 bits per heavy atom. The fourth-order valence-corrected chi connectivity index (χ4v) is 4.05. The minimum absolute atomic E-state index is 0.0725. The van der Waals surface area contributed by atoms with Crippen molar-refractivity contribution in [1.29, 1.82) is 0 Å². The molecule has 0 saturated carbocycles. The second-order valence-electron chi connectivity index (χ2n) is 4.36. The summed E-state index contributed by atoms with van der Waals surface area (Å²) >= 11 is 4.91. The number of rotatable bonds is 5. The van der Waals surface area contributed by atoms with Crippen LogP contribution < -0.4 is 5.32 Å². The van der Waals surface area contributed by atoms with E-state index in [-0.39, 0.29) is 11.9 Å². The van der Waals surface area contributed by atoms with E-state index < -0.39 is 0 Å². The lowest BCUT2D eigenvalue weighted by atomic mass is 10.1. The summed E-state index contributed by atoms with van der Waals surface area (Å²) in [6.45, 7) is 0. The molecule has 0 saturated heterocycles. The van der Waals surface area contributed by atoms with E-state index in [1.165, 1.54) is 0 Å². The first kappa shape index (κ1) is 14.3. The summed E-state index contributed by atoms with van der Waals surface area (Å²) in [5, 5.41) is 11.2. The van der Waals surface area contributed by atoms with Gasteiger partial charge in [0.05, 0.1) is 6.04 Å². The zero-order chi connectivity index (χ0) is 14.5. The molecule has 0 bridgehead atoms. The number of carbonyl (C=O) groups is 1. The third-order valence-electron chi connectivity index (χ3n) is 2.93. The van der Waals surface area contributed by atoms with Crippen LogP contribution in [0.15, 0.2) is 57.9 Å². The summed E-state index contributed by atoms with van der Waals surface area (Å²) in [4.78, 5) is 14.4. The maximum atomic E-state index is 12.2. The molecule has 21 heavy (non-hydrogen) atoms. The first-order valence-corrected chi connectivity index (χ1v) is 9.11. The molecule has 0 aliphatic rings. The average Bonchev–Trinajstić information content (AvgIpc) is 3.26. The molecule has 0 aromatic carbocycles. The van der Waals surface area contributed by atoms with E-state index in [0.717, 1.165) is 15.3 Å². The van der Waals surface area contributed by atoms with Gasteiger partial charge in [0.1, 0.15) is 0 Å². The van der Waals surface area contributed by atoms with Crippen LogP contribution in [0.4, 0.5) is 0 Å². The first-order chi connectivity index (χ1) is 10.3. The average molecular weight is 331 g/mol. The fraction of sp³-hybridized carbons (Fsp3) is 0.0625. The summed E-state index contributed by atoms with van der Waals surface area (Å²) in [6.07, 6.45) is 3.44. The second-order valence-corrected chi connectivity index (χ2v) is 7.10. The molecular weight excluding hydrogens is 318 g/mol. The Morgan fingerprint density at radius 2 is 1.95 bits per heavy atom. The van der Waals surface area contributed by atoms with Gasteiger partial charge in [0.15, 0.2) is 0 Å². The van der Waals surface area contributed by atoms with Gasteiger partial charge in [0, 0.05) is 15.8 Å². The number of hydrogen-bond donors (Lipinski definition) is 1. The molecular formula is C16H13NOS3. The highest BCUT2D eigenvalue weighted by molar-refractivity contribution is 7.11. The number of amides is 1. The van der Waals surface area contributed by atoms with Crippen LogP contribution in [0.25, 0.3) is 6.08 Å². The van der Waals surface area contributed by atoms with Crippen LogP contribution in [0.2, 0.25) is 0 Å². The van der Waals surface area contributed by atoms with Gasteiger partial charge in [-0.1, -0.05) is 12.1 Å². The van der Waals surface area contributed by atoms with Crippen LogP contribution in [0.5, 0.6) is 0 Å². The minimum atomic E-state index is -0.0759. The van der Waals surface area contributed by atoms with E-state index >= 15 is 0 Å². The summed E-state index contributed by atoms with van der Waals surface area (Å²) in [5.74, 6) is -0.0759. The molecule has 5 heteroatoms. The fourth-order valence-electron chi connectivity index (χ4n) is 1.95. The van der Waals surface area contributed by atoms with Crippen molar-refractivity contribution >= 4 is 46.0 Å². The normalized spacial score (nSPS) is 12.6. The van der Waals surface area contributed by atoms with Gasteiger partial charge < -0.3 is 5.32 Å². The Morgan fingerprint density at radius 1 is 1.10 bits per heavy atom. The number of hydrogen-bond acceptors (Lipinski definition) is 4. The molecule has 106 valence electrons. The van der Waals surface area contributed by atoms with Crippen LogP contribution >= 0.6 is 34.0 Å². The van der Waals surface area contributed by atoms with Gasteiger partial charge >= 0.3 is 0 Å². The molecule has 3 aromatic heterocycles. The van der Waals surface area contributed by atoms with E-state index in [1.54, 1.807) is 40.1 Å². The Hall–Kier alpha value is -1.69. The zero-order valence-corrected chi connectivity index (χ0v) is 13.5. The van der Waals surface area contributed by atoms with Crippen molar-refractivity contribution in [2.24, 2.45) is 0 Å². The smallest absolute Gasteiger partial charge is 0.244 e. The zero-order valence-electron chi connectivity index (χ0n) is 11.1. The Labute approximate surface area is 135 Å². The lowest BCUT2D eigenvalue weighted by Gasteiger charge is -2.15. The Balaban J connectivity index is 1.74. The highest BCUT2D eigenvalue weighted by Crippen LogP contribution is 2.27. The van der Waals surface area contributed by atoms with E-state index in [4.69, 9.17) is 0 Å². The topological polar surface area (TPSA) is 29.1 Å². The number of nitrogens with one attached hydrogen (secondary N) is 1. The van der Waals surface area contributed by atoms with Crippen LogP contribution in [-0.4, -0.2) is 5.91 Å². The maximum Gasteiger partial charge on any atom is 0.244 e. The predicted molar refractivity (Wildman–Crippen MR) is 92.0 cm³/mol. The molecule has 0 fully saturated rings. The molecule has 3 rings (SSSR count). The Bertz CT molecular complexity index is 663. The maximum absolute atomic E-state index is 12.2. The van der Waals surface area contributed by atoms with Gasteiger partial charge in [-0.3, -0.25) is 4.79 Å².